The number of hydrogen-bond donors (Lipinski definition) is 5. The molecular formula is C47H84O15P2. The van der Waals surface area contributed by atoms with E-state index in [0.717, 1.165) is 44.4 Å². The lowest BCUT2D eigenvalue weighted by atomic mass is 9.90. The molecule has 5 N–H and O–H groups in total. The van der Waals surface area contributed by atoms with Crippen molar-refractivity contribution in [1.82, 2.24) is 0 Å². The maximum absolute atomic E-state index is 12.8. The fraction of sp³-hybridized carbons (Fsp3) is 0.809. The third kappa shape index (κ3) is 35.2. The summed E-state index contributed by atoms with van der Waals surface area (Å²) in [5, 5.41) is 20.0. The fourth-order valence-electron chi connectivity index (χ4n) is 7.17. The van der Waals surface area contributed by atoms with Crippen LogP contribution in [0.25, 0.3) is 0 Å². The molecule has 0 saturated carbocycles. The first-order chi connectivity index (χ1) is 30.5. The van der Waals surface area contributed by atoms with Gasteiger partial charge >= 0.3 is 27.6 Å². The van der Waals surface area contributed by atoms with Crippen LogP contribution in [0.15, 0.2) is 36.5 Å². The molecule has 1 aliphatic carbocycles. The number of carbonyl (C=O) groups excluding carboxylic acids is 3. The molecule has 1 aliphatic rings. The van der Waals surface area contributed by atoms with Crippen LogP contribution in [0.1, 0.15) is 181 Å². The summed E-state index contributed by atoms with van der Waals surface area (Å²) in [6.07, 6.45) is 32.0. The van der Waals surface area contributed by atoms with Crippen LogP contribution in [0.5, 0.6) is 0 Å². The van der Waals surface area contributed by atoms with Crippen molar-refractivity contribution in [3.8, 4) is 0 Å². The first-order valence-corrected chi connectivity index (χ1v) is 27.1. The van der Waals surface area contributed by atoms with Crippen LogP contribution in [0.2, 0.25) is 0 Å². The van der Waals surface area contributed by atoms with Crippen molar-refractivity contribution >= 4 is 33.4 Å². The number of aliphatic hydroxyl groups excluding tert-OH is 2. The molecule has 372 valence electrons. The maximum atomic E-state index is 12.8. The van der Waals surface area contributed by atoms with Gasteiger partial charge in [-0.15, -0.1) is 0 Å². The SMILES string of the molecule is CCCCC[C@H](O)/C=C/[C@H]1C(=O)C=C[C@@H]1C/C=C\CCCC(=O)O[C@H](COC(=O)CCCCCCCCCCCCCCCCCC(C)C)COP(=O)(O)OC[C@@H](O)COP(=O)(O)O. The van der Waals surface area contributed by atoms with Gasteiger partial charge < -0.3 is 34.4 Å². The van der Waals surface area contributed by atoms with Gasteiger partial charge in [-0.3, -0.25) is 28.0 Å². The topological polar surface area (TPSA) is 233 Å². The van der Waals surface area contributed by atoms with Crippen LogP contribution >= 0.6 is 15.6 Å². The Bertz CT molecular complexity index is 1430. The molecule has 1 rings (SSSR count). The van der Waals surface area contributed by atoms with Gasteiger partial charge in [0.1, 0.15) is 12.7 Å². The molecule has 0 heterocycles. The Morgan fingerprint density at radius 1 is 0.688 bits per heavy atom. The molecule has 0 saturated heterocycles. The molecule has 0 aromatic rings. The van der Waals surface area contributed by atoms with Crippen LogP contribution in [0, 0.1) is 17.8 Å². The molecule has 15 nitrogen and oxygen atoms in total. The normalized spacial score (nSPS) is 18.0. The highest BCUT2D eigenvalue weighted by atomic mass is 31.2. The van der Waals surface area contributed by atoms with Gasteiger partial charge in [0, 0.05) is 18.8 Å². The third-order valence-corrected chi connectivity index (χ3v) is 12.4. The summed E-state index contributed by atoms with van der Waals surface area (Å²) in [5.41, 5.74) is 0. The number of ether oxygens (including phenoxy) is 2. The fourth-order valence-corrected chi connectivity index (χ4v) is 8.33. The number of phosphoric ester groups is 2. The Morgan fingerprint density at radius 2 is 1.23 bits per heavy atom. The Balaban J connectivity index is 2.47. The van der Waals surface area contributed by atoms with Crippen LogP contribution < -0.4 is 0 Å². The summed E-state index contributed by atoms with van der Waals surface area (Å²) in [4.78, 5) is 65.4. The molecule has 6 atom stereocenters. The average Bonchev–Trinajstić information content (AvgIpc) is 3.59. The summed E-state index contributed by atoms with van der Waals surface area (Å²) in [7, 11) is -9.76. The van der Waals surface area contributed by atoms with Gasteiger partial charge in [0.15, 0.2) is 11.9 Å². The summed E-state index contributed by atoms with van der Waals surface area (Å²) in [5.74, 6) is -0.726. The van der Waals surface area contributed by atoms with E-state index in [-0.39, 0.29) is 30.5 Å². The van der Waals surface area contributed by atoms with Crippen molar-refractivity contribution in [3.63, 3.8) is 0 Å². The van der Waals surface area contributed by atoms with E-state index in [0.29, 0.717) is 32.1 Å². The zero-order chi connectivity index (χ0) is 47.5. The molecule has 17 heteroatoms. The Morgan fingerprint density at radius 3 is 1.83 bits per heavy atom. The van der Waals surface area contributed by atoms with E-state index in [2.05, 4.69) is 29.8 Å². The number of rotatable bonds is 42. The minimum Gasteiger partial charge on any atom is -0.462 e. The van der Waals surface area contributed by atoms with Crippen molar-refractivity contribution < 1.29 is 71.5 Å². The van der Waals surface area contributed by atoms with E-state index in [9.17, 15) is 38.6 Å². The quantitative estimate of drug-likeness (QED) is 0.0166. The van der Waals surface area contributed by atoms with E-state index in [4.69, 9.17) is 23.8 Å². The number of esters is 2. The minimum absolute atomic E-state index is 0.00195. The molecule has 64 heavy (non-hydrogen) atoms. The third-order valence-electron chi connectivity index (χ3n) is 10.9. The zero-order valence-corrected chi connectivity index (χ0v) is 40.9. The van der Waals surface area contributed by atoms with Gasteiger partial charge in [0.25, 0.3) is 0 Å². The van der Waals surface area contributed by atoms with Crippen molar-refractivity contribution in [2.75, 3.05) is 26.4 Å². The molecule has 0 aliphatic heterocycles. The molecule has 0 amide bonds. The van der Waals surface area contributed by atoms with E-state index in [1.165, 1.54) is 77.0 Å². The number of ketones is 1. The Kier molecular flexibility index (Phi) is 34.7. The largest absolute Gasteiger partial charge is 0.472 e. The predicted octanol–water partition coefficient (Wildman–Crippen LogP) is 10.3. The number of phosphoric acid groups is 2. The number of unbranched alkanes of at least 4 members (excludes halogenated alkanes) is 17. The highest BCUT2D eigenvalue weighted by molar-refractivity contribution is 7.47. The number of aliphatic hydroxyl groups is 2. The summed E-state index contributed by atoms with van der Waals surface area (Å²) in [6.45, 7) is 3.79. The summed E-state index contributed by atoms with van der Waals surface area (Å²) >= 11 is 0. The van der Waals surface area contributed by atoms with Crippen LogP contribution in [0.4, 0.5) is 0 Å². The Labute approximate surface area is 384 Å². The van der Waals surface area contributed by atoms with Crippen molar-refractivity contribution in [2.45, 2.75) is 200 Å². The van der Waals surface area contributed by atoms with E-state index < -0.39 is 72.3 Å². The van der Waals surface area contributed by atoms with Gasteiger partial charge in [0.05, 0.1) is 25.9 Å². The standard InChI is InChI=1S/C47H84O15P2/c1-4-5-21-28-41(48)32-33-44-40(31-34-45(44)50)27-23-19-20-25-30-47(52)62-43(38-61-64(56,57)60-36-42(49)35-59-63(53,54)55)37-58-46(51)29-24-18-16-14-12-10-8-6-7-9-11-13-15-17-22-26-39(2)3/h19,23,31-34,39-44,48-49H,4-18,20-22,24-30,35-38H2,1-3H3,(H,56,57)(H2,53,54,55)/b23-19-,33-32+/t40-,41-,42-,43+,44+/m0/s1. The molecule has 0 radical (unpaired) electrons. The minimum atomic E-state index is -4.89. The van der Waals surface area contributed by atoms with Crippen molar-refractivity contribution in [1.29, 1.82) is 0 Å². The van der Waals surface area contributed by atoms with Gasteiger partial charge in [-0.1, -0.05) is 167 Å². The smallest absolute Gasteiger partial charge is 0.462 e. The summed E-state index contributed by atoms with van der Waals surface area (Å²) < 4.78 is 47.9. The number of carbonyl (C=O) groups is 3. The van der Waals surface area contributed by atoms with E-state index in [1.807, 2.05) is 18.2 Å². The van der Waals surface area contributed by atoms with Crippen molar-refractivity contribution in [2.24, 2.45) is 17.8 Å². The molecule has 0 fully saturated rings. The lowest BCUT2D eigenvalue weighted by Gasteiger charge is -2.20. The second kappa shape index (κ2) is 37.0. The zero-order valence-electron chi connectivity index (χ0n) is 39.1. The van der Waals surface area contributed by atoms with E-state index in [1.54, 1.807) is 18.2 Å². The highest BCUT2D eigenvalue weighted by Crippen LogP contribution is 2.44. The molecule has 0 aromatic carbocycles. The molecule has 0 bridgehead atoms. The van der Waals surface area contributed by atoms with Crippen LogP contribution in [-0.4, -0.2) is 87.4 Å². The first kappa shape index (κ1) is 60.0. The molecule has 0 spiro atoms. The maximum Gasteiger partial charge on any atom is 0.472 e. The predicted molar refractivity (Wildman–Crippen MR) is 248 cm³/mol. The van der Waals surface area contributed by atoms with Crippen LogP contribution in [-0.2, 0) is 46.6 Å². The van der Waals surface area contributed by atoms with Gasteiger partial charge in [-0.2, -0.15) is 0 Å². The lowest BCUT2D eigenvalue weighted by molar-refractivity contribution is -0.161. The first-order valence-electron chi connectivity index (χ1n) is 24.1. The van der Waals surface area contributed by atoms with E-state index >= 15 is 0 Å². The summed E-state index contributed by atoms with van der Waals surface area (Å²) in [6, 6.07) is 0. The molecule has 0 aromatic heterocycles. The Hall–Kier alpha value is -2.03. The highest BCUT2D eigenvalue weighted by Gasteiger charge is 2.29. The average molecular weight is 951 g/mol. The van der Waals surface area contributed by atoms with Gasteiger partial charge in [-0.25, -0.2) is 9.13 Å². The van der Waals surface area contributed by atoms with Gasteiger partial charge in [0.2, 0.25) is 0 Å². The van der Waals surface area contributed by atoms with Crippen molar-refractivity contribution in [3.05, 3.63) is 36.5 Å². The monoisotopic (exact) mass is 951 g/mol. The van der Waals surface area contributed by atoms with Crippen LogP contribution in [0.3, 0.4) is 0 Å². The number of allylic oxidation sites excluding steroid dienone is 5. The lowest BCUT2D eigenvalue weighted by Crippen LogP contribution is -2.29. The molecule has 1 unspecified atom stereocenters. The van der Waals surface area contributed by atoms with Gasteiger partial charge in [-0.05, 0) is 50.0 Å². The second-order valence-corrected chi connectivity index (χ2v) is 20.2. The molecular weight excluding hydrogens is 866 g/mol. The second-order valence-electron chi connectivity index (χ2n) is 17.5. The number of hydrogen-bond acceptors (Lipinski definition) is 12.